The number of benzene rings is 1. The second kappa shape index (κ2) is 17.2. The van der Waals surface area contributed by atoms with E-state index in [9.17, 15) is 25.8 Å². The summed E-state index contributed by atoms with van der Waals surface area (Å²) < 4.78 is 72.0. The molecule has 0 saturated heterocycles. The van der Waals surface area contributed by atoms with Gasteiger partial charge in [-0.25, -0.2) is 4.39 Å². The average Bonchev–Trinajstić information content (AvgIpc) is 2.25. The molecule has 1 rings (SSSR count). The van der Waals surface area contributed by atoms with Crippen LogP contribution in [0.25, 0.3) is 0 Å². The third-order valence-corrected chi connectivity index (χ3v) is 2.00. The van der Waals surface area contributed by atoms with Crippen LogP contribution in [0.4, 0.5) is 17.3 Å². The fourth-order valence-electron chi connectivity index (χ4n) is 0.654. The van der Waals surface area contributed by atoms with Gasteiger partial charge in [-0.2, -0.15) is 8.42 Å². The van der Waals surface area contributed by atoms with E-state index < -0.39 is 43.0 Å². The van der Waals surface area contributed by atoms with Crippen molar-refractivity contribution in [2.24, 2.45) is 0 Å². The van der Waals surface area contributed by atoms with Gasteiger partial charge in [0.15, 0.2) is 0 Å². The molecule has 0 aliphatic carbocycles. The first-order valence-electron chi connectivity index (χ1n) is 4.94. The molecule has 0 aromatic heterocycles. The van der Waals surface area contributed by atoms with Gasteiger partial charge in [0.25, 0.3) is 10.1 Å². The van der Waals surface area contributed by atoms with Crippen LogP contribution in [-0.4, -0.2) is 84.2 Å². The van der Waals surface area contributed by atoms with Crippen LogP contribution in [0.1, 0.15) is 0 Å². The second-order valence-electron chi connectivity index (χ2n) is 2.84. The number of hydrogen-bond donors (Lipinski definition) is 7. The third-order valence-electron chi connectivity index (χ3n) is 1.11. The van der Waals surface area contributed by atoms with E-state index in [-0.39, 0.29) is 18.9 Å². The molecular weight excluding hydrogens is 363 g/mol. The first-order valence-corrected chi connectivity index (χ1v) is 6.38. The van der Waals surface area contributed by atoms with Crippen LogP contribution in [0.5, 0.6) is 0 Å². The molecule has 1 aromatic carbocycles. The molecule has 18 heteroatoms. The third kappa shape index (κ3) is 33.1. The molecular formula is C6H12B3F4LiO9S. The fourth-order valence-corrected chi connectivity index (χ4v) is 1.22. The Morgan fingerprint density at radius 1 is 0.792 bits per heavy atom. The minimum absolute atomic E-state index is 0. The summed E-state index contributed by atoms with van der Waals surface area (Å²) in [5, 5.41) is 41.7. The summed E-state index contributed by atoms with van der Waals surface area (Å²) in [7, 11) is -12.4. The Morgan fingerprint density at radius 3 is 1.21 bits per heavy atom. The van der Waals surface area contributed by atoms with Gasteiger partial charge in [0.1, 0.15) is 10.7 Å². The molecule has 0 saturated carbocycles. The van der Waals surface area contributed by atoms with E-state index in [0.717, 1.165) is 12.1 Å². The van der Waals surface area contributed by atoms with Crippen LogP contribution in [0.3, 0.4) is 0 Å². The Bertz CT molecular complexity index is 487. The van der Waals surface area contributed by atoms with Crippen molar-refractivity contribution in [3.05, 3.63) is 30.1 Å². The molecule has 0 atom stereocenters. The molecule has 1 aromatic rings. The fraction of sp³-hybridized carbons (Fsp3) is 0. The Balaban J connectivity index is -0.000000130. The Kier molecular flexibility index (Phi) is 22.4. The maximum atomic E-state index is 12.5. The maximum absolute atomic E-state index is 12.5. The van der Waals surface area contributed by atoms with Gasteiger partial charge >= 0.3 is 41.0 Å². The monoisotopic (exact) mass is 376 g/mol. The van der Waals surface area contributed by atoms with Crippen molar-refractivity contribution in [2.45, 2.75) is 4.90 Å². The van der Waals surface area contributed by atoms with E-state index in [2.05, 4.69) is 0 Å². The second-order valence-corrected chi connectivity index (χ2v) is 4.23. The van der Waals surface area contributed by atoms with Crippen LogP contribution >= 0.6 is 0 Å². The summed E-state index contributed by atoms with van der Waals surface area (Å²) in [5.41, 5.74) is 0. The molecule has 0 aliphatic rings. The summed E-state index contributed by atoms with van der Waals surface area (Å²) in [6, 6.07) is 4.62. The van der Waals surface area contributed by atoms with Gasteiger partial charge in [0.05, 0.1) is 0 Å². The molecule has 0 fully saturated rings. The molecule has 0 heterocycles. The molecule has 0 spiro atoms. The van der Waals surface area contributed by atoms with E-state index in [1.54, 1.807) is 0 Å². The predicted octanol–water partition coefficient (Wildman–Crippen LogP) is -2.80. The molecule has 0 unspecified atom stereocenters. The summed E-state index contributed by atoms with van der Waals surface area (Å²) >= 11 is 0. The van der Waals surface area contributed by atoms with Gasteiger partial charge in [0.2, 0.25) is 0 Å². The number of halogens is 4. The van der Waals surface area contributed by atoms with E-state index >= 15 is 0 Å². The SMILES string of the molecule is O=S(=O)(O)c1ccccc1F.OB(O)F.OB(O)F.OB(O)F.[LiH]. The summed E-state index contributed by atoms with van der Waals surface area (Å²) in [6.07, 6.45) is 0. The Labute approximate surface area is 147 Å². The molecule has 9 nitrogen and oxygen atoms in total. The predicted molar refractivity (Wildman–Crippen MR) is 77.3 cm³/mol. The van der Waals surface area contributed by atoms with Gasteiger partial charge in [-0.15, -0.1) is 0 Å². The zero-order valence-electron chi connectivity index (χ0n) is 10.9. The topological polar surface area (TPSA) is 176 Å². The molecule has 0 radical (unpaired) electrons. The van der Waals surface area contributed by atoms with Crippen molar-refractivity contribution in [1.82, 2.24) is 0 Å². The van der Waals surface area contributed by atoms with Gasteiger partial charge in [-0.1, -0.05) is 12.1 Å². The van der Waals surface area contributed by atoms with Crippen molar-refractivity contribution in [1.29, 1.82) is 0 Å². The number of rotatable bonds is 1. The van der Waals surface area contributed by atoms with Gasteiger partial charge in [-0.05, 0) is 12.1 Å². The standard InChI is InChI=1S/C6H5FO3S.3BFH2O2.Li.H/c7-5-3-1-2-4-6(5)11(8,9)10;3*2-1(3)4;;/h1-4H,(H,8,9,10);3*3-4H;;. The average molecular weight is 376 g/mol. The normalized spacial score (nSPS) is 8.62. The molecule has 0 bridgehead atoms. The summed E-state index contributed by atoms with van der Waals surface area (Å²) in [5.74, 6) is -0.949. The van der Waals surface area contributed by atoms with Crippen LogP contribution in [0, 0.1) is 5.82 Å². The number of hydrogen-bond acceptors (Lipinski definition) is 8. The molecule has 7 N–H and O–H groups in total. The van der Waals surface area contributed by atoms with E-state index in [4.69, 9.17) is 34.7 Å². The zero-order valence-corrected chi connectivity index (χ0v) is 11.7. The first kappa shape index (κ1) is 31.2. The van der Waals surface area contributed by atoms with Crippen LogP contribution in [0.2, 0.25) is 0 Å². The summed E-state index contributed by atoms with van der Waals surface area (Å²) in [4.78, 5) is -0.694. The molecule has 134 valence electrons. The Hall–Kier alpha value is -0.598. The van der Waals surface area contributed by atoms with Crippen molar-refractivity contribution in [2.75, 3.05) is 0 Å². The van der Waals surface area contributed by atoms with E-state index in [1.165, 1.54) is 12.1 Å². The van der Waals surface area contributed by atoms with Crippen molar-refractivity contribution >= 4 is 51.2 Å². The first-order chi connectivity index (χ1) is 10.2. The van der Waals surface area contributed by atoms with E-state index in [1.807, 2.05) is 0 Å². The van der Waals surface area contributed by atoms with Crippen LogP contribution in [-0.2, 0) is 10.1 Å². The minimum atomic E-state index is -4.41. The van der Waals surface area contributed by atoms with Crippen molar-refractivity contribution in [3.63, 3.8) is 0 Å². The van der Waals surface area contributed by atoms with Gasteiger partial charge in [0, 0.05) is 0 Å². The molecule has 24 heavy (non-hydrogen) atoms. The van der Waals surface area contributed by atoms with E-state index in [0.29, 0.717) is 0 Å². The Morgan fingerprint density at radius 2 is 1.04 bits per heavy atom. The van der Waals surface area contributed by atoms with Crippen LogP contribution < -0.4 is 0 Å². The van der Waals surface area contributed by atoms with Crippen molar-refractivity contribution < 1.29 is 60.5 Å². The van der Waals surface area contributed by atoms with Gasteiger partial charge < -0.3 is 30.1 Å². The molecule has 0 amide bonds. The summed E-state index contributed by atoms with van der Waals surface area (Å²) in [6.45, 7) is 0. The van der Waals surface area contributed by atoms with Crippen molar-refractivity contribution in [3.8, 4) is 0 Å². The quantitative estimate of drug-likeness (QED) is 0.155. The van der Waals surface area contributed by atoms with Gasteiger partial charge in [-0.3, -0.25) is 17.5 Å². The van der Waals surface area contributed by atoms with Crippen LogP contribution in [0.15, 0.2) is 29.2 Å². The molecule has 0 aliphatic heterocycles. The zero-order chi connectivity index (χ0) is 19.2.